The van der Waals surface area contributed by atoms with Crippen molar-refractivity contribution in [3.05, 3.63) is 35.4 Å². The van der Waals surface area contributed by atoms with Gasteiger partial charge >= 0.3 is 0 Å². The third-order valence-electron chi connectivity index (χ3n) is 3.08. The summed E-state index contributed by atoms with van der Waals surface area (Å²) in [4.78, 5) is 0. The molecular formula is C14H25N3. The quantitative estimate of drug-likeness (QED) is 0.693. The zero-order valence-electron chi connectivity index (χ0n) is 11.2. The first-order chi connectivity index (χ1) is 7.95. The van der Waals surface area contributed by atoms with Crippen LogP contribution in [0.2, 0.25) is 0 Å². The van der Waals surface area contributed by atoms with Crippen LogP contribution < -0.4 is 16.8 Å². The van der Waals surface area contributed by atoms with Gasteiger partial charge in [0.05, 0.1) is 0 Å². The van der Waals surface area contributed by atoms with Gasteiger partial charge in [-0.05, 0) is 12.5 Å². The molecule has 0 bridgehead atoms. The van der Waals surface area contributed by atoms with Crippen LogP contribution in [0.3, 0.4) is 0 Å². The minimum atomic E-state index is 0.0447. The van der Waals surface area contributed by atoms with Crippen molar-refractivity contribution in [3.8, 4) is 0 Å². The number of nitrogens with two attached hydrogens (primary N) is 2. The van der Waals surface area contributed by atoms with Crippen molar-refractivity contribution in [2.24, 2.45) is 11.5 Å². The Kier molecular flexibility index (Phi) is 5.12. The molecule has 0 heterocycles. The van der Waals surface area contributed by atoms with E-state index in [1.54, 1.807) is 0 Å². The molecule has 0 saturated carbocycles. The molecule has 1 atom stereocenters. The third-order valence-corrected chi connectivity index (χ3v) is 3.08. The van der Waals surface area contributed by atoms with Crippen molar-refractivity contribution in [2.45, 2.75) is 32.2 Å². The summed E-state index contributed by atoms with van der Waals surface area (Å²) in [5.74, 6) is 0. The molecule has 1 unspecified atom stereocenters. The van der Waals surface area contributed by atoms with Crippen molar-refractivity contribution in [1.29, 1.82) is 0 Å². The predicted octanol–water partition coefficient (Wildman–Crippen LogP) is 1.15. The molecule has 1 rings (SSSR count). The maximum atomic E-state index is 5.78. The van der Waals surface area contributed by atoms with Crippen LogP contribution in [-0.2, 0) is 5.41 Å². The van der Waals surface area contributed by atoms with E-state index in [1.165, 1.54) is 11.1 Å². The number of benzene rings is 1. The zero-order valence-corrected chi connectivity index (χ0v) is 11.2. The van der Waals surface area contributed by atoms with Gasteiger partial charge in [-0.2, -0.15) is 0 Å². The predicted molar refractivity (Wildman–Crippen MR) is 74.1 cm³/mol. The van der Waals surface area contributed by atoms with Gasteiger partial charge in [-0.1, -0.05) is 43.7 Å². The van der Waals surface area contributed by atoms with Crippen LogP contribution in [0.25, 0.3) is 0 Å². The summed E-state index contributed by atoms with van der Waals surface area (Å²) in [5, 5.41) is 3.39. The van der Waals surface area contributed by atoms with E-state index in [1.807, 2.05) is 0 Å². The van der Waals surface area contributed by atoms with Crippen LogP contribution in [0.15, 0.2) is 24.3 Å². The van der Waals surface area contributed by atoms with Gasteiger partial charge in [-0.25, -0.2) is 0 Å². The van der Waals surface area contributed by atoms with Crippen LogP contribution in [0.4, 0.5) is 0 Å². The molecule has 0 saturated heterocycles. The molecule has 0 aromatic heterocycles. The van der Waals surface area contributed by atoms with E-state index >= 15 is 0 Å². The molecule has 0 radical (unpaired) electrons. The second-order valence-electron chi connectivity index (χ2n) is 5.38. The number of hydrogen-bond acceptors (Lipinski definition) is 3. The fourth-order valence-corrected chi connectivity index (χ4v) is 1.82. The number of nitrogens with one attached hydrogen (secondary N) is 1. The Balaban J connectivity index is 2.56. The standard InChI is InChI=1S/C14H25N3/c1-11-5-4-6-12(7-11)14(2,3)10-17-9-13(16)8-15/h4-7,13,17H,8-10,15-16H2,1-3H3. The van der Waals surface area contributed by atoms with Crippen LogP contribution in [0.5, 0.6) is 0 Å². The van der Waals surface area contributed by atoms with E-state index < -0.39 is 0 Å². The lowest BCUT2D eigenvalue weighted by Crippen LogP contribution is -2.43. The lowest BCUT2D eigenvalue weighted by atomic mass is 9.84. The molecule has 0 aliphatic carbocycles. The molecule has 5 N–H and O–H groups in total. The summed E-state index contributed by atoms with van der Waals surface area (Å²) >= 11 is 0. The van der Waals surface area contributed by atoms with Crippen molar-refractivity contribution in [3.63, 3.8) is 0 Å². The highest BCUT2D eigenvalue weighted by Crippen LogP contribution is 2.22. The lowest BCUT2D eigenvalue weighted by molar-refractivity contribution is 0.454. The first kappa shape index (κ1) is 14.2. The van der Waals surface area contributed by atoms with E-state index in [0.29, 0.717) is 6.54 Å². The van der Waals surface area contributed by atoms with Gasteiger partial charge < -0.3 is 16.8 Å². The molecule has 1 aromatic rings. The minimum absolute atomic E-state index is 0.0447. The highest BCUT2D eigenvalue weighted by atomic mass is 14.9. The van der Waals surface area contributed by atoms with Gasteiger partial charge in [0.2, 0.25) is 0 Å². The SMILES string of the molecule is Cc1cccc(C(C)(C)CNCC(N)CN)c1. The van der Waals surface area contributed by atoms with E-state index in [9.17, 15) is 0 Å². The van der Waals surface area contributed by atoms with Crippen molar-refractivity contribution in [2.75, 3.05) is 19.6 Å². The zero-order chi connectivity index (χ0) is 12.9. The molecule has 3 heteroatoms. The summed E-state index contributed by atoms with van der Waals surface area (Å²) in [6, 6.07) is 8.69. The second-order valence-corrected chi connectivity index (χ2v) is 5.38. The molecule has 0 amide bonds. The minimum Gasteiger partial charge on any atom is -0.329 e. The Morgan fingerprint density at radius 1 is 1.35 bits per heavy atom. The molecule has 3 nitrogen and oxygen atoms in total. The number of aryl methyl sites for hydroxylation is 1. The highest BCUT2D eigenvalue weighted by molar-refractivity contribution is 5.28. The Morgan fingerprint density at radius 3 is 2.65 bits per heavy atom. The maximum Gasteiger partial charge on any atom is 0.0290 e. The average Bonchev–Trinajstić information content (AvgIpc) is 2.28. The first-order valence-electron chi connectivity index (χ1n) is 6.19. The molecule has 0 aliphatic heterocycles. The van der Waals surface area contributed by atoms with Crippen molar-refractivity contribution >= 4 is 0 Å². The lowest BCUT2D eigenvalue weighted by Gasteiger charge is -2.27. The largest absolute Gasteiger partial charge is 0.329 e. The van der Waals surface area contributed by atoms with Crippen LogP contribution >= 0.6 is 0 Å². The first-order valence-corrected chi connectivity index (χ1v) is 6.19. The Morgan fingerprint density at radius 2 is 2.06 bits per heavy atom. The van der Waals surface area contributed by atoms with Crippen LogP contribution in [-0.4, -0.2) is 25.7 Å². The Hall–Kier alpha value is -0.900. The fourth-order valence-electron chi connectivity index (χ4n) is 1.82. The molecule has 1 aromatic carbocycles. The monoisotopic (exact) mass is 235 g/mol. The molecule has 96 valence electrons. The van der Waals surface area contributed by atoms with Crippen LogP contribution in [0.1, 0.15) is 25.0 Å². The van der Waals surface area contributed by atoms with Gasteiger partial charge in [0.25, 0.3) is 0 Å². The Labute approximate surface area is 105 Å². The molecule has 17 heavy (non-hydrogen) atoms. The van der Waals surface area contributed by atoms with Crippen molar-refractivity contribution < 1.29 is 0 Å². The molecular weight excluding hydrogens is 210 g/mol. The summed E-state index contributed by atoms with van der Waals surface area (Å²) in [6.45, 7) is 8.80. The molecule has 0 aliphatic rings. The molecule has 0 fully saturated rings. The average molecular weight is 235 g/mol. The van der Waals surface area contributed by atoms with Crippen LogP contribution in [0, 0.1) is 6.92 Å². The van der Waals surface area contributed by atoms with Gasteiger partial charge in [0.1, 0.15) is 0 Å². The summed E-state index contributed by atoms with van der Waals surface area (Å²) in [7, 11) is 0. The number of rotatable bonds is 6. The van der Waals surface area contributed by atoms with Gasteiger partial charge in [-0.15, -0.1) is 0 Å². The van der Waals surface area contributed by atoms with Gasteiger partial charge in [-0.3, -0.25) is 0 Å². The second kappa shape index (κ2) is 6.15. The maximum absolute atomic E-state index is 5.78. The smallest absolute Gasteiger partial charge is 0.0290 e. The Bertz CT molecular complexity index is 347. The fraction of sp³-hybridized carbons (Fsp3) is 0.571. The number of hydrogen-bond donors (Lipinski definition) is 3. The third kappa shape index (κ3) is 4.46. The van der Waals surface area contributed by atoms with Gasteiger partial charge in [0.15, 0.2) is 0 Å². The van der Waals surface area contributed by atoms with Crippen molar-refractivity contribution in [1.82, 2.24) is 5.32 Å². The summed E-state index contributed by atoms with van der Waals surface area (Å²) in [5.41, 5.74) is 14.0. The molecule has 0 spiro atoms. The van der Waals surface area contributed by atoms with Gasteiger partial charge in [0, 0.05) is 31.1 Å². The van der Waals surface area contributed by atoms with E-state index in [-0.39, 0.29) is 11.5 Å². The van der Waals surface area contributed by atoms with E-state index in [4.69, 9.17) is 11.5 Å². The topological polar surface area (TPSA) is 64.1 Å². The van der Waals surface area contributed by atoms with E-state index in [2.05, 4.69) is 50.4 Å². The summed E-state index contributed by atoms with van der Waals surface area (Å²) < 4.78 is 0. The summed E-state index contributed by atoms with van der Waals surface area (Å²) in [6.07, 6.45) is 0. The highest BCUT2D eigenvalue weighted by Gasteiger charge is 2.20. The van der Waals surface area contributed by atoms with E-state index in [0.717, 1.165) is 13.1 Å². The normalized spacial score (nSPS) is 13.7.